The highest BCUT2D eigenvalue weighted by Crippen LogP contribution is 2.10. The number of ketones is 2. The van der Waals surface area contributed by atoms with Crippen LogP contribution in [0.3, 0.4) is 0 Å². The number of rotatable bonds is 2. The summed E-state index contributed by atoms with van der Waals surface area (Å²) >= 11 is 0. The summed E-state index contributed by atoms with van der Waals surface area (Å²) in [7, 11) is 0. The van der Waals surface area contributed by atoms with Gasteiger partial charge < -0.3 is 4.74 Å². The molecule has 0 bridgehead atoms. The number of Topliss-reactive ketones (excluding diaryl/α,β-unsaturated/α-hetero) is 2. The maximum Gasteiger partial charge on any atom is 0.384 e. The molecule has 1 atom stereocenters. The first-order valence-electron chi connectivity index (χ1n) is 4.71. The normalized spacial score (nSPS) is 20.5. The number of carbonyl (C=O) groups is 3. The molecule has 1 aromatic rings. The van der Waals surface area contributed by atoms with Gasteiger partial charge in [0.25, 0.3) is 5.78 Å². The predicted molar refractivity (Wildman–Crippen MR) is 55.4 cm³/mol. The second-order valence-corrected chi connectivity index (χ2v) is 3.29. The summed E-state index contributed by atoms with van der Waals surface area (Å²) in [6, 6.07) is 9.21. The van der Waals surface area contributed by atoms with Crippen LogP contribution >= 0.6 is 0 Å². The molecule has 2 rings (SSSR count). The number of esters is 1. The first kappa shape index (κ1) is 10.3. The van der Waals surface area contributed by atoms with Gasteiger partial charge in [-0.1, -0.05) is 36.4 Å². The molecule has 0 radical (unpaired) electrons. The molecule has 80 valence electrons. The standard InChI is InChI=1S/C12H8O4/c13-10-9(16-12(15)11(10)14)7-6-8-4-2-1-3-5-8/h1-7,9H/b7-6+. The van der Waals surface area contributed by atoms with Crippen molar-refractivity contribution in [2.45, 2.75) is 6.10 Å². The van der Waals surface area contributed by atoms with E-state index in [1.165, 1.54) is 6.08 Å². The number of ether oxygens (including phenoxy) is 1. The van der Waals surface area contributed by atoms with Crippen molar-refractivity contribution < 1.29 is 19.1 Å². The number of hydrogen-bond acceptors (Lipinski definition) is 4. The second-order valence-electron chi connectivity index (χ2n) is 3.29. The van der Waals surface area contributed by atoms with E-state index in [0.717, 1.165) is 5.56 Å². The third-order valence-electron chi connectivity index (χ3n) is 2.16. The molecule has 1 saturated heterocycles. The van der Waals surface area contributed by atoms with Crippen molar-refractivity contribution in [1.82, 2.24) is 0 Å². The van der Waals surface area contributed by atoms with E-state index in [1.54, 1.807) is 6.08 Å². The summed E-state index contributed by atoms with van der Waals surface area (Å²) < 4.78 is 4.58. The summed E-state index contributed by atoms with van der Waals surface area (Å²) in [5, 5.41) is 0. The van der Waals surface area contributed by atoms with E-state index >= 15 is 0 Å². The minimum Gasteiger partial charge on any atom is -0.443 e. The maximum absolute atomic E-state index is 11.2. The second kappa shape index (κ2) is 4.10. The monoisotopic (exact) mass is 216 g/mol. The van der Waals surface area contributed by atoms with Gasteiger partial charge in [0.2, 0.25) is 0 Å². The van der Waals surface area contributed by atoms with Gasteiger partial charge in [0.15, 0.2) is 6.10 Å². The summed E-state index contributed by atoms with van der Waals surface area (Å²) in [6.07, 6.45) is 1.97. The highest BCUT2D eigenvalue weighted by atomic mass is 16.6. The van der Waals surface area contributed by atoms with Crippen LogP contribution in [0.4, 0.5) is 0 Å². The largest absolute Gasteiger partial charge is 0.443 e. The van der Waals surface area contributed by atoms with Crippen LogP contribution in [0, 0.1) is 0 Å². The Kier molecular flexibility index (Phi) is 2.64. The molecule has 1 fully saturated rings. The van der Waals surface area contributed by atoms with E-state index in [2.05, 4.69) is 4.74 Å². The quantitative estimate of drug-likeness (QED) is 0.541. The lowest BCUT2D eigenvalue weighted by atomic mass is 10.1. The van der Waals surface area contributed by atoms with Gasteiger partial charge >= 0.3 is 11.8 Å². The number of hydrogen-bond donors (Lipinski definition) is 0. The lowest BCUT2D eigenvalue weighted by Crippen LogP contribution is -2.17. The Morgan fingerprint density at radius 2 is 1.75 bits per heavy atom. The molecule has 1 aromatic carbocycles. The van der Waals surface area contributed by atoms with Crippen molar-refractivity contribution in [3.8, 4) is 0 Å². The molecule has 1 unspecified atom stereocenters. The lowest BCUT2D eigenvalue weighted by Gasteiger charge is -1.98. The third kappa shape index (κ3) is 1.91. The van der Waals surface area contributed by atoms with Crippen molar-refractivity contribution in [2.24, 2.45) is 0 Å². The minimum absolute atomic E-state index is 0.808. The third-order valence-corrected chi connectivity index (χ3v) is 2.16. The molecule has 1 aliphatic heterocycles. The summed E-state index contributed by atoms with van der Waals surface area (Å²) in [5.41, 5.74) is 0.866. The van der Waals surface area contributed by atoms with Crippen LogP contribution in [-0.4, -0.2) is 23.6 Å². The Labute approximate surface area is 91.5 Å². The Morgan fingerprint density at radius 1 is 1.06 bits per heavy atom. The van der Waals surface area contributed by atoms with Crippen molar-refractivity contribution in [3.63, 3.8) is 0 Å². The molecule has 1 heterocycles. The highest BCUT2D eigenvalue weighted by molar-refractivity contribution is 6.65. The molecule has 0 N–H and O–H groups in total. The fraction of sp³-hybridized carbons (Fsp3) is 0.0833. The molecule has 0 amide bonds. The Bertz CT molecular complexity index is 473. The molecule has 0 aliphatic carbocycles. The number of cyclic esters (lactones) is 1. The smallest absolute Gasteiger partial charge is 0.384 e. The maximum atomic E-state index is 11.2. The van der Waals surface area contributed by atoms with E-state index in [1.807, 2.05) is 30.3 Å². The van der Waals surface area contributed by atoms with E-state index in [4.69, 9.17) is 0 Å². The molecular formula is C12H8O4. The highest BCUT2D eigenvalue weighted by Gasteiger charge is 2.40. The summed E-state index contributed by atoms with van der Waals surface area (Å²) in [5.74, 6) is -2.97. The zero-order chi connectivity index (χ0) is 11.5. The van der Waals surface area contributed by atoms with Crippen molar-refractivity contribution in [2.75, 3.05) is 0 Å². The van der Waals surface area contributed by atoms with E-state index < -0.39 is 23.6 Å². The lowest BCUT2D eigenvalue weighted by molar-refractivity contribution is -0.148. The van der Waals surface area contributed by atoms with E-state index in [9.17, 15) is 14.4 Å². The molecule has 1 aliphatic rings. The molecule has 16 heavy (non-hydrogen) atoms. The van der Waals surface area contributed by atoms with Crippen LogP contribution in [0.1, 0.15) is 5.56 Å². The first-order valence-corrected chi connectivity index (χ1v) is 4.71. The van der Waals surface area contributed by atoms with Gasteiger partial charge in [0, 0.05) is 0 Å². The van der Waals surface area contributed by atoms with Crippen molar-refractivity contribution >= 4 is 23.6 Å². The molecule has 4 nitrogen and oxygen atoms in total. The average Bonchev–Trinajstić information content (AvgIpc) is 2.56. The van der Waals surface area contributed by atoms with Crippen molar-refractivity contribution in [3.05, 3.63) is 42.0 Å². The Morgan fingerprint density at radius 3 is 2.31 bits per heavy atom. The van der Waals surface area contributed by atoms with Crippen LogP contribution in [0.5, 0.6) is 0 Å². The number of carbonyl (C=O) groups excluding carboxylic acids is 3. The molecule has 0 spiro atoms. The first-order chi connectivity index (χ1) is 7.68. The van der Waals surface area contributed by atoms with Gasteiger partial charge in [-0.25, -0.2) is 4.79 Å². The van der Waals surface area contributed by atoms with Crippen LogP contribution in [0.25, 0.3) is 6.08 Å². The molecule has 4 heteroatoms. The SMILES string of the molecule is O=C1OC(/C=C/c2ccccc2)C(=O)C1=O. The Balaban J connectivity index is 2.12. The van der Waals surface area contributed by atoms with Crippen molar-refractivity contribution in [1.29, 1.82) is 0 Å². The Hall–Kier alpha value is -2.23. The summed E-state index contributed by atoms with van der Waals surface area (Å²) in [6.45, 7) is 0. The topological polar surface area (TPSA) is 60.4 Å². The van der Waals surface area contributed by atoms with Gasteiger partial charge in [-0.2, -0.15) is 0 Å². The average molecular weight is 216 g/mol. The minimum atomic E-state index is -1.08. The van der Waals surface area contributed by atoms with Gasteiger partial charge in [0.1, 0.15) is 0 Å². The zero-order valence-electron chi connectivity index (χ0n) is 8.25. The molecule has 0 saturated carbocycles. The van der Waals surface area contributed by atoms with Crippen LogP contribution in [0.15, 0.2) is 36.4 Å². The van der Waals surface area contributed by atoms with Crippen LogP contribution in [-0.2, 0) is 19.1 Å². The van der Waals surface area contributed by atoms with Gasteiger partial charge in [0.05, 0.1) is 0 Å². The predicted octanol–water partition coefficient (Wildman–Crippen LogP) is 0.763. The van der Waals surface area contributed by atoms with Crippen LogP contribution in [0.2, 0.25) is 0 Å². The fourth-order valence-corrected chi connectivity index (χ4v) is 1.34. The van der Waals surface area contributed by atoms with E-state index in [0.29, 0.717) is 0 Å². The summed E-state index contributed by atoms with van der Waals surface area (Å²) in [4.78, 5) is 32.8. The van der Waals surface area contributed by atoms with Crippen LogP contribution < -0.4 is 0 Å². The number of benzene rings is 1. The van der Waals surface area contributed by atoms with Gasteiger partial charge in [-0.05, 0) is 11.6 Å². The van der Waals surface area contributed by atoms with Gasteiger partial charge in [-0.15, -0.1) is 0 Å². The fourth-order valence-electron chi connectivity index (χ4n) is 1.34. The van der Waals surface area contributed by atoms with Gasteiger partial charge in [-0.3, -0.25) is 9.59 Å². The zero-order valence-corrected chi connectivity index (χ0v) is 8.25. The van der Waals surface area contributed by atoms with E-state index in [-0.39, 0.29) is 0 Å². The molecular weight excluding hydrogens is 208 g/mol. The molecule has 0 aromatic heterocycles.